The van der Waals surface area contributed by atoms with Crippen LogP contribution in [0.25, 0.3) is 0 Å². The number of benzene rings is 3. The summed E-state index contributed by atoms with van der Waals surface area (Å²) >= 11 is 0. The molecule has 0 aliphatic carbocycles. The molecule has 0 aromatic heterocycles. The first kappa shape index (κ1) is 23.6. The summed E-state index contributed by atoms with van der Waals surface area (Å²) in [6, 6.07) is 23.4. The zero-order valence-corrected chi connectivity index (χ0v) is 20.1. The first-order chi connectivity index (χ1) is 16.6. The number of para-hydroxylation sites is 1. The first-order valence-electron chi connectivity index (χ1n) is 11.6. The number of amides is 1. The van der Waals surface area contributed by atoms with Crippen molar-refractivity contribution in [3.05, 3.63) is 83.9 Å². The number of likely N-dealkylation sites (tertiary alicyclic amines) is 1. The van der Waals surface area contributed by atoms with Gasteiger partial charge in [-0.3, -0.25) is 9.69 Å². The fraction of sp³-hybridized carbons (Fsp3) is 0.321. The molecule has 0 radical (unpaired) electrons. The number of rotatable bonds is 8. The highest BCUT2D eigenvalue weighted by Gasteiger charge is 2.30. The van der Waals surface area contributed by atoms with Gasteiger partial charge in [0, 0.05) is 43.0 Å². The lowest BCUT2D eigenvalue weighted by Crippen LogP contribution is -2.47. The Morgan fingerprint density at radius 2 is 1.41 bits per heavy atom. The molecule has 1 amide bonds. The van der Waals surface area contributed by atoms with E-state index in [4.69, 9.17) is 14.2 Å². The number of methoxy groups -OCH3 is 3. The molecule has 34 heavy (non-hydrogen) atoms. The number of carbonyl (C=O) groups is 1. The summed E-state index contributed by atoms with van der Waals surface area (Å²) in [5.41, 5.74) is 2.75. The minimum Gasteiger partial charge on any atom is -0.497 e. The van der Waals surface area contributed by atoms with E-state index in [1.54, 1.807) is 21.3 Å². The molecule has 1 fully saturated rings. The Kier molecular flexibility index (Phi) is 7.70. The molecule has 178 valence electrons. The third-order valence-electron chi connectivity index (χ3n) is 6.33. The van der Waals surface area contributed by atoms with Crippen molar-refractivity contribution in [3.8, 4) is 17.2 Å². The quantitative estimate of drug-likeness (QED) is 0.472. The molecule has 6 heteroatoms. The zero-order valence-electron chi connectivity index (χ0n) is 20.1. The monoisotopic (exact) mass is 460 g/mol. The van der Waals surface area contributed by atoms with Gasteiger partial charge in [-0.2, -0.15) is 0 Å². The van der Waals surface area contributed by atoms with Gasteiger partial charge in [-0.1, -0.05) is 18.2 Å². The van der Waals surface area contributed by atoms with E-state index >= 15 is 0 Å². The largest absolute Gasteiger partial charge is 0.497 e. The van der Waals surface area contributed by atoms with Crippen molar-refractivity contribution in [3.63, 3.8) is 0 Å². The fourth-order valence-corrected chi connectivity index (χ4v) is 4.51. The van der Waals surface area contributed by atoms with Gasteiger partial charge in [-0.05, 0) is 66.9 Å². The maximum absolute atomic E-state index is 13.6. The van der Waals surface area contributed by atoms with Crippen molar-refractivity contribution in [2.24, 2.45) is 0 Å². The number of carbonyl (C=O) groups excluding carboxylic acids is 1. The standard InChI is InChI=1S/C28H32N2O4/c1-32-25-11-9-22(10-12-25)28(31)30(23-7-5-4-6-8-23)24-13-15-29(16-14-24)20-21-17-26(33-2)19-27(18-21)34-3/h4-12,17-19,24H,13-16,20H2,1-3H3. The summed E-state index contributed by atoms with van der Waals surface area (Å²) in [6.45, 7) is 2.63. The van der Waals surface area contributed by atoms with E-state index in [1.165, 1.54) is 0 Å². The van der Waals surface area contributed by atoms with E-state index in [9.17, 15) is 4.79 Å². The van der Waals surface area contributed by atoms with Crippen molar-refractivity contribution in [2.75, 3.05) is 39.3 Å². The first-order valence-corrected chi connectivity index (χ1v) is 11.6. The molecular formula is C28H32N2O4. The summed E-state index contributed by atoms with van der Waals surface area (Å²) in [5.74, 6) is 2.35. The highest BCUT2D eigenvalue weighted by atomic mass is 16.5. The maximum atomic E-state index is 13.6. The molecule has 6 nitrogen and oxygen atoms in total. The molecule has 0 N–H and O–H groups in total. The normalized spacial score (nSPS) is 14.4. The number of ether oxygens (including phenoxy) is 3. The summed E-state index contributed by atoms with van der Waals surface area (Å²) < 4.78 is 16.1. The third-order valence-corrected chi connectivity index (χ3v) is 6.33. The average Bonchev–Trinajstić information content (AvgIpc) is 2.90. The van der Waals surface area contributed by atoms with Crippen LogP contribution in [0.1, 0.15) is 28.8 Å². The molecule has 1 aliphatic rings. The van der Waals surface area contributed by atoms with Gasteiger partial charge in [0.1, 0.15) is 17.2 Å². The molecule has 0 atom stereocenters. The summed E-state index contributed by atoms with van der Waals surface area (Å²) in [4.78, 5) is 18.0. The van der Waals surface area contributed by atoms with Crippen molar-refractivity contribution >= 4 is 11.6 Å². The minimum absolute atomic E-state index is 0.0184. The Balaban J connectivity index is 1.48. The molecular weight excluding hydrogens is 428 g/mol. The van der Waals surface area contributed by atoms with Gasteiger partial charge in [0.2, 0.25) is 0 Å². The lowest BCUT2D eigenvalue weighted by atomic mass is 10.00. The number of hydrogen-bond donors (Lipinski definition) is 0. The van der Waals surface area contributed by atoms with E-state index in [1.807, 2.05) is 65.6 Å². The van der Waals surface area contributed by atoms with Crippen LogP contribution in [0.4, 0.5) is 5.69 Å². The van der Waals surface area contributed by atoms with Crippen LogP contribution in [0.3, 0.4) is 0 Å². The SMILES string of the molecule is COc1ccc(C(=O)N(c2ccccc2)C2CCN(Cc3cc(OC)cc(OC)c3)CC2)cc1. The van der Waals surface area contributed by atoms with Crippen LogP contribution in [-0.4, -0.2) is 51.3 Å². The second-order valence-corrected chi connectivity index (χ2v) is 8.47. The Morgan fingerprint density at radius 3 is 1.97 bits per heavy atom. The van der Waals surface area contributed by atoms with Crippen LogP contribution in [0, 0.1) is 0 Å². The summed E-state index contributed by atoms with van der Waals surface area (Å²) in [7, 11) is 4.96. The Labute approximate surface area is 201 Å². The number of nitrogens with zero attached hydrogens (tertiary/aromatic N) is 2. The molecule has 1 aliphatic heterocycles. The number of piperidine rings is 1. The van der Waals surface area contributed by atoms with E-state index in [2.05, 4.69) is 17.0 Å². The maximum Gasteiger partial charge on any atom is 0.258 e. The van der Waals surface area contributed by atoms with Crippen molar-refractivity contribution in [1.29, 1.82) is 0 Å². The van der Waals surface area contributed by atoms with Crippen LogP contribution in [0.5, 0.6) is 17.2 Å². The molecule has 3 aromatic carbocycles. The van der Waals surface area contributed by atoms with Gasteiger partial charge in [-0.25, -0.2) is 0 Å². The smallest absolute Gasteiger partial charge is 0.258 e. The lowest BCUT2D eigenvalue weighted by Gasteiger charge is -2.38. The molecule has 1 saturated heterocycles. The summed E-state index contributed by atoms with van der Waals surface area (Å²) in [6.07, 6.45) is 1.80. The predicted octanol–water partition coefficient (Wildman–Crippen LogP) is 5.02. The van der Waals surface area contributed by atoms with E-state index < -0.39 is 0 Å². The molecule has 0 unspecified atom stereocenters. The van der Waals surface area contributed by atoms with Gasteiger partial charge in [-0.15, -0.1) is 0 Å². The molecule has 4 rings (SSSR count). The van der Waals surface area contributed by atoms with Crippen molar-refractivity contribution in [1.82, 2.24) is 4.90 Å². The van der Waals surface area contributed by atoms with E-state index in [-0.39, 0.29) is 11.9 Å². The van der Waals surface area contributed by atoms with Crippen LogP contribution in [0.2, 0.25) is 0 Å². The van der Waals surface area contributed by atoms with Crippen LogP contribution in [0.15, 0.2) is 72.8 Å². The van der Waals surface area contributed by atoms with E-state index in [0.717, 1.165) is 61.0 Å². The van der Waals surface area contributed by atoms with E-state index in [0.29, 0.717) is 5.56 Å². The Morgan fingerprint density at radius 1 is 0.824 bits per heavy atom. The van der Waals surface area contributed by atoms with Gasteiger partial charge in [0.25, 0.3) is 5.91 Å². The van der Waals surface area contributed by atoms with Crippen molar-refractivity contribution in [2.45, 2.75) is 25.4 Å². The number of anilines is 1. The Bertz CT molecular complexity index is 1060. The van der Waals surface area contributed by atoms with Crippen LogP contribution >= 0.6 is 0 Å². The second-order valence-electron chi connectivity index (χ2n) is 8.47. The highest BCUT2D eigenvalue weighted by molar-refractivity contribution is 6.06. The van der Waals surface area contributed by atoms with Gasteiger partial charge in [0.15, 0.2) is 0 Å². The second kappa shape index (κ2) is 11.1. The Hall–Kier alpha value is -3.51. The molecule has 0 saturated carbocycles. The van der Waals surface area contributed by atoms with Crippen LogP contribution < -0.4 is 19.1 Å². The fourth-order valence-electron chi connectivity index (χ4n) is 4.51. The molecule has 1 heterocycles. The molecule has 0 spiro atoms. The summed E-state index contributed by atoms with van der Waals surface area (Å²) in [5, 5.41) is 0. The van der Waals surface area contributed by atoms with Crippen molar-refractivity contribution < 1.29 is 19.0 Å². The lowest BCUT2D eigenvalue weighted by molar-refractivity contribution is 0.0958. The van der Waals surface area contributed by atoms with Gasteiger partial charge < -0.3 is 19.1 Å². The van der Waals surface area contributed by atoms with Crippen LogP contribution in [-0.2, 0) is 6.54 Å². The number of hydrogen-bond acceptors (Lipinski definition) is 5. The highest BCUT2D eigenvalue weighted by Crippen LogP contribution is 2.28. The predicted molar refractivity (Wildman–Crippen MR) is 134 cm³/mol. The minimum atomic E-state index is 0.0184. The topological polar surface area (TPSA) is 51.2 Å². The average molecular weight is 461 g/mol. The third kappa shape index (κ3) is 5.51. The molecule has 3 aromatic rings. The molecule has 0 bridgehead atoms. The van der Waals surface area contributed by atoms with Gasteiger partial charge >= 0.3 is 0 Å². The zero-order chi connectivity index (χ0) is 23.9. The van der Waals surface area contributed by atoms with Gasteiger partial charge in [0.05, 0.1) is 21.3 Å².